The number of aromatic nitrogens is 2. The smallest absolute Gasteiger partial charge is 0.274 e. The average Bonchev–Trinajstić information content (AvgIpc) is 2.70. The van der Waals surface area contributed by atoms with E-state index in [1.165, 1.54) is 5.56 Å². The van der Waals surface area contributed by atoms with Crippen molar-refractivity contribution < 1.29 is 14.3 Å². The van der Waals surface area contributed by atoms with Gasteiger partial charge >= 0.3 is 0 Å². The van der Waals surface area contributed by atoms with Crippen LogP contribution in [0.4, 0.5) is 17.2 Å². The molecule has 0 aliphatic carbocycles. The lowest BCUT2D eigenvalue weighted by atomic mass is 10.1. The summed E-state index contributed by atoms with van der Waals surface area (Å²) in [6, 6.07) is 12.8. The number of amides is 1. The first-order chi connectivity index (χ1) is 13.9. The van der Waals surface area contributed by atoms with E-state index in [4.69, 9.17) is 9.47 Å². The fraction of sp³-hybridized carbons (Fsp3) is 0.227. The van der Waals surface area contributed by atoms with Crippen molar-refractivity contribution >= 4 is 23.1 Å². The van der Waals surface area contributed by atoms with Crippen molar-refractivity contribution in [3.63, 3.8) is 0 Å². The maximum atomic E-state index is 12.7. The number of ether oxygens (including phenoxy) is 2. The summed E-state index contributed by atoms with van der Waals surface area (Å²) in [4.78, 5) is 21.3. The lowest BCUT2D eigenvalue weighted by Crippen LogP contribution is -2.15. The van der Waals surface area contributed by atoms with Gasteiger partial charge in [0.2, 0.25) is 0 Å². The van der Waals surface area contributed by atoms with Gasteiger partial charge in [0, 0.05) is 23.5 Å². The van der Waals surface area contributed by atoms with Crippen LogP contribution in [0.2, 0.25) is 0 Å². The Morgan fingerprint density at radius 1 is 0.828 bits per heavy atom. The highest BCUT2D eigenvalue weighted by Crippen LogP contribution is 2.31. The fourth-order valence-electron chi connectivity index (χ4n) is 2.82. The highest BCUT2D eigenvalue weighted by atomic mass is 16.5. The Kier molecular flexibility index (Phi) is 5.97. The zero-order valence-corrected chi connectivity index (χ0v) is 17.2. The molecular weight excluding hydrogens is 368 g/mol. The predicted octanol–water partition coefficient (Wildman–Crippen LogP) is 4.41. The Balaban J connectivity index is 1.82. The van der Waals surface area contributed by atoms with Crippen molar-refractivity contribution in [2.45, 2.75) is 20.8 Å². The van der Waals surface area contributed by atoms with Gasteiger partial charge < -0.3 is 20.1 Å². The van der Waals surface area contributed by atoms with Gasteiger partial charge in [-0.1, -0.05) is 6.07 Å². The van der Waals surface area contributed by atoms with E-state index in [1.807, 2.05) is 38.1 Å². The zero-order valence-electron chi connectivity index (χ0n) is 17.2. The molecule has 7 heteroatoms. The van der Waals surface area contributed by atoms with Gasteiger partial charge in [-0.15, -0.1) is 0 Å². The van der Waals surface area contributed by atoms with Crippen LogP contribution < -0.4 is 20.1 Å². The van der Waals surface area contributed by atoms with E-state index in [0.29, 0.717) is 23.1 Å². The Morgan fingerprint density at radius 3 is 2.24 bits per heavy atom. The summed E-state index contributed by atoms with van der Waals surface area (Å²) in [5, 5.41) is 6.06. The molecule has 29 heavy (non-hydrogen) atoms. The summed E-state index contributed by atoms with van der Waals surface area (Å²) >= 11 is 0. The minimum absolute atomic E-state index is 0.277. The molecule has 2 N–H and O–H groups in total. The topological polar surface area (TPSA) is 85.4 Å². The van der Waals surface area contributed by atoms with E-state index in [-0.39, 0.29) is 11.6 Å². The first-order valence-corrected chi connectivity index (χ1v) is 9.13. The van der Waals surface area contributed by atoms with E-state index in [1.54, 1.807) is 39.3 Å². The van der Waals surface area contributed by atoms with Crippen LogP contribution in [0.15, 0.2) is 42.5 Å². The number of methoxy groups -OCH3 is 2. The number of carbonyl (C=O) groups is 1. The van der Waals surface area contributed by atoms with Crippen LogP contribution >= 0.6 is 0 Å². The SMILES string of the molecule is COc1ccc(Nc2cc(C(=O)Nc3ccc(C)c(C)c3)nc(C)n2)cc1OC. The second-order valence-electron chi connectivity index (χ2n) is 6.63. The molecule has 0 bridgehead atoms. The normalized spacial score (nSPS) is 10.4. The van der Waals surface area contributed by atoms with Crippen LogP contribution in [0.25, 0.3) is 0 Å². The third-order valence-corrected chi connectivity index (χ3v) is 4.49. The summed E-state index contributed by atoms with van der Waals surface area (Å²) in [6.45, 7) is 5.78. The van der Waals surface area contributed by atoms with Crippen LogP contribution in [0, 0.1) is 20.8 Å². The second-order valence-corrected chi connectivity index (χ2v) is 6.63. The summed E-state index contributed by atoms with van der Waals surface area (Å²) in [7, 11) is 3.16. The van der Waals surface area contributed by atoms with Crippen LogP contribution in [0.5, 0.6) is 11.5 Å². The third kappa shape index (κ3) is 4.82. The highest BCUT2D eigenvalue weighted by Gasteiger charge is 2.12. The van der Waals surface area contributed by atoms with Crippen LogP contribution in [-0.2, 0) is 0 Å². The van der Waals surface area contributed by atoms with Gasteiger partial charge in [0.1, 0.15) is 17.3 Å². The van der Waals surface area contributed by atoms with Crippen molar-refractivity contribution in [2.24, 2.45) is 0 Å². The Hall–Kier alpha value is -3.61. The average molecular weight is 392 g/mol. The number of aryl methyl sites for hydroxylation is 3. The molecule has 0 radical (unpaired) electrons. The number of hydrogen-bond acceptors (Lipinski definition) is 6. The van der Waals surface area contributed by atoms with Gasteiger partial charge in [0.25, 0.3) is 5.91 Å². The lowest BCUT2D eigenvalue weighted by molar-refractivity contribution is 0.102. The molecular formula is C22H24N4O3. The van der Waals surface area contributed by atoms with Gasteiger partial charge in [-0.2, -0.15) is 0 Å². The van der Waals surface area contributed by atoms with E-state index >= 15 is 0 Å². The molecule has 0 aliphatic rings. The molecule has 1 heterocycles. The Morgan fingerprint density at radius 2 is 1.55 bits per heavy atom. The van der Waals surface area contributed by atoms with Crippen molar-refractivity contribution in [3.05, 3.63) is 65.1 Å². The monoisotopic (exact) mass is 392 g/mol. The van der Waals surface area contributed by atoms with E-state index in [2.05, 4.69) is 20.6 Å². The molecule has 1 aromatic heterocycles. The summed E-state index contributed by atoms with van der Waals surface area (Å²) in [5.74, 6) is 1.92. The molecule has 0 fully saturated rings. The van der Waals surface area contributed by atoms with Crippen molar-refractivity contribution in [2.75, 3.05) is 24.9 Å². The van der Waals surface area contributed by atoms with E-state index in [9.17, 15) is 4.79 Å². The number of anilines is 3. The molecule has 2 aromatic carbocycles. The minimum Gasteiger partial charge on any atom is -0.493 e. The van der Waals surface area contributed by atoms with Crippen molar-refractivity contribution in [3.8, 4) is 11.5 Å². The molecule has 1 amide bonds. The van der Waals surface area contributed by atoms with E-state index < -0.39 is 0 Å². The molecule has 7 nitrogen and oxygen atoms in total. The number of nitrogens with one attached hydrogen (secondary N) is 2. The largest absolute Gasteiger partial charge is 0.493 e. The van der Waals surface area contributed by atoms with Crippen LogP contribution in [0.3, 0.4) is 0 Å². The molecule has 0 atom stereocenters. The maximum absolute atomic E-state index is 12.7. The van der Waals surface area contributed by atoms with E-state index in [0.717, 1.165) is 16.9 Å². The standard InChI is InChI=1S/C22H24N4O3/c1-13-6-7-16(10-14(13)2)26-22(27)18-12-21(24-15(3)23-18)25-17-8-9-19(28-4)20(11-17)29-5/h6-12H,1-5H3,(H,26,27)(H,23,24,25). The highest BCUT2D eigenvalue weighted by molar-refractivity contribution is 6.03. The number of nitrogens with zero attached hydrogens (tertiary/aromatic N) is 2. The summed E-state index contributed by atoms with van der Waals surface area (Å²) in [6.07, 6.45) is 0. The predicted molar refractivity (Wildman–Crippen MR) is 113 cm³/mol. The number of rotatable bonds is 6. The van der Waals surface area contributed by atoms with Gasteiger partial charge in [-0.25, -0.2) is 9.97 Å². The second kappa shape index (κ2) is 8.60. The van der Waals surface area contributed by atoms with Gasteiger partial charge in [0.05, 0.1) is 14.2 Å². The number of benzene rings is 2. The first-order valence-electron chi connectivity index (χ1n) is 9.13. The molecule has 3 rings (SSSR count). The molecule has 0 saturated carbocycles. The number of carbonyl (C=O) groups excluding carboxylic acids is 1. The molecule has 0 aliphatic heterocycles. The Labute approximate surface area is 170 Å². The van der Waals surface area contributed by atoms with Gasteiger partial charge in [0.15, 0.2) is 11.5 Å². The minimum atomic E-state index is -0.297. The molecule has 150 valence electrons. The first kappa shape index (κ1) is 20.1. The zero-order chi connectivity index (χ0) is 21.0. The number of hydrogen-bond donors (Lipinski definition) is 2. The van der Waals surface area contributed by atoms with Gasteiger partial charge in [-0.05, 0) is 56.2 Å². The quantitative estimate of drug-likeness (QED) is 0.646. The van der Waals surface area contributed by atoms with Crippen molar-refractivity contribution in [1.29, 1.82) is 0 Å². The summed E-state index contributed by atoms with van der Waals surface area (Å²) < 4.78 is 10.6. The van der Waals surface area contributed by atoms with Crippen molar-refractivity contribution in [1.82, 2.24) is 9.97 Å². The van der Waals surface area contributed by atoms with Crippen LogP contribution in [-0.4, -0.2) is 30.1 Å². The van der Waals surface area contributed by atoms with Gasteiger partial charge in [-0.3, -0.25) is 4.79 Å². The molecule has 3 aromatic rings. The molecule has 0 saturated heterocycles. The third-order valence-electron chi connectivity index (χ3n) is 4.49. The van der Waals surface area contributed by atoms with Crippen LogP contribution in [0.1, 0.15) is 27.4 Å². The maximum Gasteiger partial charge on any atom is 0.274 e. The molecule has 0 unspecified atom stereocenters. The molecule has 0 spiro atoms. The fourth-order valence-corrected chi connectivity index (χ4v) is 2.82. The Bertz CT molecular complexity index is 1050. The summed E-state index contributed by atoms with van der Waals surface area (Å²) in [5.41, 5.74) is 4.03. The lowest BCUT2D eigenvalue weighted by Gasteiger charge is -2.12.